The van der Waals surface area contributed by atoms with Gasteiger partial charge in [0.2, 0.25) is 0 Å². The van der Waals surface area contributed by atoms with E-state index >= 15 is 0 Å². The lowest BCUT2D eigenvalue weighted by molar-refractivity contribution is -0.147. The third kappa shape index (κ3) is 0.504. The minimum Gasteiger partial charge on any atom is -0.481 e. The lowest BCUT2D eigenvalue weighted by Crippen LogP contribution is -2.31. The first-order valence-corrected chi connectivity index (χ1v) is 3.35. The summed E-state index contributed by atoms with van der Waals surface area (Å²) >= 11 is 0. The second-order valence-corrected chi connectivity index (χ2v) is 3.08. The van der Waals surface area contributed by atoms with Gasteiger partial charge in [-0.2, -0.15) is 0 Å². The average molecular weight is 163 g/mol. The Labute approximate surface area is 61.4 Å². The minimum atomic E-state index is -2.98. The van der Waals surface area contributed by atoms with Crippen molar-refractivity contribution in [1.82, 2.24) is 5.32 Å². The van der Waals surface area contributed by atoms with E-state index in [1.165, 1.54) is 0 Å². The Morgan fingerprint density at radius 3 is 2.55 bits per heavy atom. The van der Waals surface area contributed by atoms with Crippen molar-refractivity contribution in [2.75, 3.05) is 13.1 Å². The average Bonchev–Trinajstić information content (AvgIpc) is 2.25. The third-order valence-electron chi connectivity index (χ3n) is 2.68. The molecule has 1 heterocycles. The monoisotopic (exact) mass is 163 g/mol. The predicted octanol–water partition coefficient (Wildman–Crippen LogP) is -0.0743. The Morgan fingerprint density at radius 1 is 1.64 bits per heavy atom. The number of piperidine rings is 1. The van der Waals surface area contributed by atoms with Crippen LogP contribution in [-0.4, -0.2) is 30.1 Å². The fraction of sp³-hybridized carbons (Fsp3) is 0.833. The van der Waals surface area contributed by atoms with Crippen LogP contribution in [-0.2, 0) is 4.79 Å². The van der Waals surface area contributed by atoms with Crippen LogP contribution in [0.4, 0.5) is 8.78 Å². The molecule has 11 heavy (non-hydrogen) atoms. The molecule has 1 aliphatic carbocycles. The summed E-state index contributed by atoms with van der Waals surface area (Å²) in [4.78, 5) is 10.5. The SMILES string of the molecule is O=C(O)[C@]12CNC[C@H]1C2(F)F. The molecular formula is C6H7F2NO2. The number of hydrogen-bond acceptors (Lipinski definition) is 2. The van der Waals surface area contributed by atoms with Gasteiger partial charge in [-0.1, -0.05) is 0 Å². The van der Waals surface area contributed by atoms with Gasteiger partial charge in [-0.15, -0.1) is 0 Å². The molecule has 62 valence electrons. The fourth-order valence-corrected chi connectivity index (χ4v) is 1.86. The van der Waals surface area contributed by atoms with Crippen LogP contribution in [0, 0.1) is 11.3 Å². The van der Waals surface area contributed by atoms with Crippen LogP contribution in [0.25, 0.3) is 0 Å². The van der Waals surface area contributed by atoms with E-state index in [1.54, 1.807) is 0 Å². The highest BCUT2D eigenvalue weighted by Gasteiger charge is 2.86. The molecule has 2 fully saturated rings. The molecule has 0 spiro atoms. The quantitative estimate of drug-likeness (QED) is 0.568. The molecule has 1 aliphatic heterocycles. The Bertz CT molecular complexity index is 231. The second kappa shape index (κ2) is 1.55. The van der Waals surface area contributed by atoms with Crippen molar-refractivity contribution in [2.45, 2.75) is 5.92 Å². The standard InChI is InChI=1S/C6H7F2NO2/c7-6(8)3-1-9-2-5(3,6)4(10)11/h3,9H,1-2H2,(H,10,11)/t3-,5+/m1/s1. The summed E-state index contributed by atoms with van der Waals surface area (Å²) in [7, 11) is 0. The molecule has 0 unspecified atom stereocenters. The van der Waals surface area contributed by atoms with E-state index in [0.717, 1.165) is 0 Å². The first-order chi connectivity index (χ1) is 5.03. The van der Waals surface area contributed by atoms with Crippen LogP contribution in [0.15, 0.2) is 0 Å². The molecule has 2 rings (SSSR count). The Kier molecular flexibility index (Phi) is 0.982. The van der Waals surface area contributed by atoms with E-state index in [4.69, 9.17) is 5.11 Å². The zero-order chi connectivity index (χ0) is 8.28. The van der Waals surface area contributed by atoms with Gasteiger partial charge in [-0.3, -0.25) is 4.79 Å². The van der Waals surface area contributed by atoms with Gasteiger partial charge < -0.3 is 10.4 Å². The number of carboxylic acid groups (broad SMARTS) is 1. The first kappa shape index (κ1) is 6.97. The summed E-state index contributed by atoms with van der Waals surface area (Å²) in [6, 6.07) is 0. The molecule has 0 aromatic heterocycles. The largest absolute Gasteiger partial charge is 0.481 e. The molecule has 0 radical (unpaired) electrons. The number of aliphatic carboxylic acids is 1. The molecule has 0 aromatic rings. The number of rotatable bonds is 1. The number of carbonyl (C=O) groups is 1. The van der Waals surface area contributed by atoms with Gasteiger partial charge in [0.15, 0.2) is 5.41 Å². The van der Waals surface area contributed by atoms with Crippen LogP contribution in [0.1, 0.15) is 0 Å². The number of alkyl halides is 2. The normalized spacial score (nSPS) is 45.1. The zero-order valence-corrected chi connectivity index (χ0v) is 5.60. The van der Waals surface area contributed by atoms with Gasteiger partial charge in [0.1, 0.15) is 0 Å². The highest BCUT2D eigenvalue weighted by molar-refractivity contribution is 5.82. The van der Waals surface area contributed by atoms with Crippen molar-refractivity contribution >= 4 is 5.97 Å². The lowest BCUT2D eigenvalue weighted by Gasteiger charge is -2.07. The third-order valence-corrected chi connectivity index (χ3v) is 2.68. The summed E-state index contributed by atoms with van der Waals surface area (Å²) in [5, 5.41) is 11.2. The van der Waals surface area contributed by atoms with Gasteiger partial charge in [-0.25, -0.2) is 8.78 Å². The zero-order valence-electron chi connectivity index (χ0n) is 5.60. The maximum Gasteiger partial charge on any atom is 0.317 e. The fourth-order valence-electron chi connectivity index (χ4n) is 1.86. The van der Waals surface area contributed by atoms with E-state index in [2.05, 4.69) is 5.32 Å². The summed E-state index contributed by atoms with van der Waals surface area (Å²) in [6.45, 7) is 0.0271. The number of carboxylic acids is 1. The number of nitrogens with one attached hydrogen (secondary N) is 1. The van der Waals surface area contributed by atoms with Crippen LogP contribution in [0.3, 0.4) is 0 Å². The van der Waals surface area contributed by atoms with Gasteiger partial charge in [-0.05, 0) is 0 Å². The summed E-state index contributed by atoms with van der Waals surface area (Å²) < 4.78 is 25.5. The Hall–Kier alpha value is -0.710. The molecule has 0 aromatic carbocycles. The number of halogens is 2. The molecule has 2 N–H and O–H groups in total. The summed E-state index contributed by atoms with van der Waals surface area (Å²) in [5.41, 5.74) is -1.77. The smallest absolute Gasteiger partial charge is 0.317 e. The van der Waals surface area contributed by atoms with E-state index in [9.17, 15) is 13.6 Å². The number of hydrogen-bond donors (Lipinski definition) is 2. The Morgan fingerprint density at radius 2 is 2.27 bits per heavy atom. The summed E-state index contributed by atoms with van der Waals surface area (Å²) in [5.74, 6) is -5.34. The molecule has 1 saturated heterocycles. The first-order valence-electron chi connectivity index (χ1n) is 3.35. The molecule has 2 aliphatic rings. The van der Waals surface area contributed by atoms with Crippen molar-refractivity contribution in [3.05, 3.63) is 0 Å². The van der Waals surface area contributed by atoms with Crippen LogP contribution in [0.2, 0.25) is 0 Å². The topological polar surface area (TPSA) is 49.3 Å². The molecule has 0 amide bonds. The van der Waals surface area contributed by atoms with Gasteiger partial charge >= 0.3 is 5.97 Å². The van der Waals surface area contributed by atoms with Crippen molar-refractivity contribution in [1.29, 1.82) is 0 Å². The van der Waals surface area contributed by atoms with Gasteiger partial charge in [0, 0.05) is 13.1 Å². The molecule has 0 bridgehead atoms. The highest BCUT2D eigenvalue weighted by Crippen LogP contribution is 2.67. The molecule has 1 saturated carbocycles. The highest BCUT2D eigenvalue weighted by atomic mass is 19.3. The van der Waals surface area contributed by atoms with E-state index in [0.29, 0.717) is 0 Å². The van der Waals surface area contributed by atoms with E-state index in [1.807, 2.05) is 0 Å². The maximum absolute atomic E-state index is 12.7. The van der Waals surface area contributed by atoms with Gasteiger partial charge in [0.05, 0.1) is 5.92 Å². The number of fused-ring (bicyclic) bond motifs is 1. The Balaban J connectivity index is 2.33. The maximum atomic E-state index is 12.7. The van der Waals surface area contributed by atoms with Crippen molar-refractivity contribution in [3.8, 4) is 0 Å². The van der Waals surface area contributed by atoms with E-state index in [-0.39, 0.29) is 13.1 Å². The molecule has 3 nitrogen and oxygen atoms in total. The molecular weight excluding hydrogens is 156 g/mol. The lowest BCUT2D eigenvalue weighted by atomic mass is 10.1. The van der Waals surface area contributed by atoms with Crippen LogP contribution in [0.5, 0.6) is 0 Å². The minimum absolute atomic E-state index is 0.0972. The second-order valence-electron chi connectivity index (χ2n) is 3.08. The van der Waals surface area contributed by atoms with Crippen molar-refractivity contribution in [2.24, 2.45) is 11.3 Å². The molecule has 2 atom stereocenters. The van der Waals surface area contributed by atoms with Crippen molar-refractivity contribution < 1.29 is 18.7 Å². The van der Waals surface area contributed by atoms with Gasteiger partial charge in [0.25, 0.3) is 5.92 Å². The van der Waals surface area contributed by atoms with Crippen LogP contribution < -0.4 is 5.32 Å². The van der Waals surface area contributed by atoms with E-state index < -0.39 is 23.2 Å². The predicted molar refractivity (Wildman–Crippen MR) is 31.4 cm³/mol. The van der Waals surface area contributed by atoms with Crippen LogP contribution >= 0.6 is 0 Å². The molecule has 5 heteroatoms. The summed E-state index contributed by atoms with van der Waals surface area (Å²) in [6.07, 6.45) is 0. The van der Waals surface area contributed by atoms with Crippen molar-refractivity contribution in [3.63, 3.8) is 0 Å².